The van der Waals surface area contributed by atoms with Gasteiger partial charge in [0, 0.05) is 23.2 Å². The minimum Gasteiger partial charge on any atom is -0.473 e. The van der Waals surface area contributed by atoms with Crippen LogP contribution in [0.3, 0.4) is 0 Å². The third-order valence-electron chi connectivity index (χ3n) is 3.63. The summed E-state index contributed by atoms with van der Waals surface area (Å²) in [6.07, 6.45) is 1.59. The van der Waals surface area contributed by atoms with Gasteiger partial charge in [-0.1, -0.05) is 30.3 Å². The van der Waals surface area contributed by atoms with E-state index in [9.17, 15) is 9.59 Å². The minimum absolute atomic E-state index is 0.0763. The van der Waals surface area contributed by atoms with E-state index in [1.165, 1.54) is 17.5 Å². The lowest BCUT2D eigenvalue weighted by molar-refractivity contribution is -0.142. The quantitative estimate of drug-likeness (QED) is 0.585. The Morgan fingerprint density at radius 2 is 2.00 bits per heavy atom. The molecule has 1 aromatic carbocycles. The summed E-state index contributed by atoms with van der Waals surface area (Å²) in [7, 11) is 0. The van der Waals surface area contributed by atoms with Crippen LogP contribution >= 0.6 is 11.3 Å². The zero-order valence-corrected chi connectivity index (χ0v) is 16.1. The number of ether oxygens (including phenoxy) is 2. The Labute approximate surface area is 166 Å². The molecule has 8 heteroatoms. The summed E-state index contributed by atoms with van der Waals surface area (Å²) >= 11 is 1.25. The van der Waals surface area contributed by atoms with E-state index in [0.717, 1.165) is 5.56 Å². The Balaban J connectivity index is 1.58. The van der Waals surface area contributed by atoms with Crippen LogP contribution in [0.2, 0.25) is 0 Å². The normalized spacial score (nSPS) is 10.3. The van der Waals surface area contributed by atoms with Crippen molar-refractivity contribution < 1.29 is 19.1 Å². The molecule has 0 aliphatic heterocycles. The molecule has 0 unspecified atom stereocenters. The second-order valence-corrected chi connectivity index (χ2v) is 6.60. The number of esters is 1. The molecule has 0 aliphatic carbocycles. The van der Waals surface area contributed by atoms with Gasteiger partial charge in [-0.2, -0.15) is 0 Å². The SMILES string of the molecule is CCOC(=O)Cc1csc(NC(=O)c2ccnc(OCc3ccccc3)c2)n1. The molecule has 0 fully saturated rings. The number of nitrogens with zero attached hydrogens (tertiary/aromatic N) is 2. The number of nitrogens with one attached hydrogen (secondary N) is 1. The molecule has 7 nitrogen and oxygen atoms in total. The van der Waals surface area contributed by atoms with Crippen LogP contribution in [-0.2, 0) is 22.6 Å². The van der Waals surface area contributed by atoms with Gasteiger partial charge in [-0.05, 0) is 18.6 Å². The molecule has 0 bridgehead atoms. The van der Waals surface area contributed by atoms with Crippen LogP contribution in [0.5, 0.6) is 5.88 Å². The lowest BCUT2D eigenvalue weighted by Crippen LogP contribution is -2.12. The molecular weight excluding hydrogens is 378 g/mol. The molecule has 2 heterocycles. The molecule has 0 saturated carbocycles. The summed E-state index contributed by atoms with van der Waals surface area (Å²) in [5, 5.41) is 4.84. The van der Waals surface area contributed by atoms with Crippen LogP contribution in [0.25, 0.3) is 0 Å². The first-order chi connectivity index (χ1) is 13.6. The zero-order valence-electron chi connectivity index (χ0n) is 15.3. The maximum absolute atomic E-state index is 12.5. The summed E-state index contributed by atoms with van der Waals surface area (Å²) in [5.74, 6) is -0.317. The first-order valence-electron chi connectivity index (χ1n) is 8.68. The van der Waals surface area contributed by atoms with Gasteiger partial charge in [-0.25, -0.2) is 9.97 Å². The number of amides is 1. The molecule has 3 rings (SSSR count). The number of rotatable bonds is 8. The fourth-order valence-corrected chi connectivity index (χ4v) is 3.04. The molecule has 0 aliphatic rings. The van der Waals surface area contributed by atoms with E-state index in [1.807, 2.05) is 30.3 Å². The fourth-order valence-electron chi connectivity index (χ4n) is 2.34. The highest BCUT2D eigenvalue weighted by Crippen LogP contribution is 2.18. The van der Waals surface area contributed by atoms with Crippen molar-refractivity contribution in [1.82, 2.24) is 9.97 Å². The molecule has 3 aromatic rings. The topological polar surface area (TPSA) is 90.4 Å². The van der Waals surface area contributed by atoms with Crippen molar-refractivity contribution in [1.29, 1.82) is 0 Å². The summed E-state index contributed by atoms with van der Waals surface area (Å²) in [4.78, 5) is 32.3. The Bertz CT molecular complexity index is 943. The van der Waals surface area contributed by atoms with E-state index in [-0.39, 0.29) is 18.3 Å². The molecule has 0 spiro atoms. The fraction of sp³-hybridized carbons (Fsp3) is 0.200. The number of anilines is 1. The monoisotopic (exact) mass is 397 g/mol. The number of carbonyl (C=O) groups excluding carboxylic acids is 2. The highest BCUT2D eigenvalue weighted by molar-refractivity contribution is 7.14. The number of hydrogen-bond acceptors (Lipinski definition) is 7. The molecule has 2 aromatic heterocycles. The second-order valence-electron chi connectivity index (χ2n) is 5.74. The average Bonchev–Trinajstić information content (AvgIpc) is 3.14. The molecule has 0 atom stereocenters. The summed E-state index contributed by atoms with van der Waals surface area (Å²) in [5.41, 5.74) is 1.97. The van der Waals surface area contributed by atoms with Gasteiger partial charge in [0.15, 0.2) is 5.13 Å². The highest BCUT2D eigenvalue weighted by Gasteiger charge is 2.12. The van der Waals surface area contributed by atoms with Gasteiger partial charge in [0.25, 0.3) is 5.91 Å². The van der Waals surface area contributed by atoms with Crippen LogP contribution in [0.4, 0.5) is 5.13 Å². The highest BCUT2D eigenvalue weighted by atomic mass is 32.1. The number of carbonyl (C=O) groups is 2. The van der Waals surface area contributed by atoms with Gasteiger partial charge in [0.1, 0.15) is 6.61 Å². The lowest BCUT2D eigenvalue weighted by atomic mass is 10.2. The van der Waals surface area contributed by atoms with Crippen molar-refractivity contribution in [2.75, 3.05) is 11.9 Å². The van der Waals surface area contributed by atoms with Crippen LogP contribution in [-0.4, -0.2) is 28.5 Å². The first kappa shape index (κ1) is 19.5. The van der Waals surface area contributed by atoms with Crippen molar-refractivity contribution >= 4 is 28.3 Å². The number of pyridine rings is 1. The summed E-state index contributed by atoms with van der Waals surface area (Å²) in [6.45, 7) is 2.43. The van der Waals surface area contributed by atoms with Crippen molar-refractivity contribution in [3.63, 3.8) is 0 Å². The Kier molecular flexibility index (Phi) is 6.69. The molecule has 0 radical (unpaired) electrons. The molecule has 28 heavy (non-hydrogen) atoms. The molecule has 1 N–H and O–H groups in total. The van der Waals surface area contributed by atoms with Crippen LogP contribution in [0.15, 0.2) is 54.0 Å². The Hall–Kier alpha value is -3.26. The van der Waals surface area contributed by atoms with Crippen LogP contribution in [0.1, 0.15) is 28.5 Å². The molecule has 144 valence electrons. The van der Waals surface area contributed by atoms with Gasteiger partial charge >= 0.3 is 5.97 Å². The van der Waals surface area contributed by atoms with E-state index in [4.69, 9.17) is 9.47 Å². The largest absolute Gasteiger partial charge is 0.473 e. The van der Waals surface area contributed by atoms with Crippen molar-refractivity contribution in [3.8, 4) is 5.88 Å². The van der Waals surface area contributed by atoms with Crippen molar-refractivity contribution in [2.45, 2.75) is 20.0 Å². The molecule has 1 amide bonds. The number of thiazole rings is 1. The molecule has 0 saturated heterocycles. The van der Waals surface area contributed by atoms with Gasteiger partial charge in [0.05, 0.1) is 18.7 Å². The van der Waals surface area contributed by atoms with Gasteiger partial charge < -0.3 is 9.47 Å². The lowest BCUT2D eigenvalue weighted by Gasteiger charge is -2.07. The zero-order chi connectivity index (χ0) is 19.8. The van der Waals surface area contributed by atoms with E-state index in [1.54, 1.807) is 24.4 Å². The maximum Gasteiger partial charge on any atom is 0.311 e. The van der Waals surface area contributed by atoms with E-state index < -0.39 is 0 Å². The predicted octanol–water partition coefficient (Wildman–Crippen LogP) is 3.48. The first-order valence-corrected chi connectivity index (χ1v) is 9.56. The smallest absolute Gasteiger partial charge is 0.311 e. The van der Waals surface area contributed by atoms with Crippen LogP contribution < -0.4 is 10.1 Å². The third-order valence-corrected chi connectivity index (χ3v) is 4.44. The van der Waals surface area contributed by atoms with Crippen molar-refractivity contribution in [2.24, 2.45) is 0 Å². The van der Waals surface area contributed by atoms with Gasteiger partial charge in [-0.15, -0.1) is 11.3 Å². The minimum atomic E-state index is -0.347. The van der Waals surface area contributed by atoms with E-state index >= 15 is 0 Å². The number of hydrogen-bond donors (Lipinski definition) is 1. The van der Waals surface area contributed by atoms with Gasteiger partial charge in [-0.3, -0.25) is 14.9 Å². The Morgan fingerprint density at radius 3 is 2.79 bits per heavy atom. The van der Waals surface area contributed by atoms with Crippen LogP contribution in [0, 0.1) is 0 Å². The summed E-state index contributed by atoms with van der Waals surface area (Å²) < 4.78 is 10.5. The van der Waals surface area contributed by atoms with Gasteiger partial charge in [0.2, 0.25) is 5.88 Å². The third kappa shape index (κ3) is 5.62. The molecular formula is C20H19N3O4S. The van der Waals surface area contributed by atoms with E-state index in [0.29, 0.717) is 35.5 Å². The number of aromatic nitrogens is 2. The Morgan fingerprint density at radius 1 is 1.18 bits per heavy atom. The summed E-state index contributed by atoms with van der Waals surface area (Å²) in [6, 6.07) is 12.9. The second kappa shape index (κ2) is 9.61. The average molecular weight is 397 g/mol. The van der Waals surface area contributed by atoms with E-state index in [2.05, 4.69) is 15.3 Å². The number of benzene rings is 1. The maximum atomic E-state index is 12.5. The standard InChI is InChI=1S/C20H19N3O4S/c1-2-26-18(24)11-16-13-28-20(22-16)23-19(25)15-8-9-21-17(10-15)27-12-14-6-4-3-5-7-14/h3-10,13H,2,11-12H2,1H3,(H,22,23,25). The van der Waals surface area contributed by atoms with Crippen molar-refractivity contribution in [3.05, 3.63) is 70.9 Å². The predicted molar refractivity (Wildman–Crippen MR) is 105 cm³/mol.